The Morgan fingerprint density at radius 2 is 2.35 bits per heavy atom. The number of rotatable bonds is 6. The Kier molecular flexibility index (Phi) is 4.83. The van der Waals surface area contributed by atoms with E-state index < -0.39 is 0 Å². The highest BCUT2D eigenvalue weighted by molar-refractivity contribution is 7.21. The van der Waals surface area contributed by atoms with Gasteiger partial charge in [-0.25, -0.2) is 0 Å². The molecular weight excluding hydrogens is 280 g/mol. The Labute approximate surface area is 120 Å². The third kappa shape index (κ3) is 2.87. The van der Waals surface area contributed by atoms with Crippen molar-refractivity contribution in [2.45, 2.75) is 0 Å². The van der Waals surface area contributed by atoms with E-state index in [-0.39, 0.29) is 19.1 Å². The molecule has 0 saturated heterocycles. The van der Waals surface area contributed by atoms with Crippen LogP contribution in [0, 0.1) is 0 Å². The van der Waals surface area contributed by atoms with Gasteiger partial charge in [-0.15, -0.1) is 16.4 Å². The molecule has 8 heteroatoms. The maximum Gasteiger partial charge on any atom is 0.266 e. The van der Waals surface area contributed by atoms with Crippen LogP contribution in [-0.2, 0) is 4.74 Å². The number of aromatic nitrogens is 2. The number of aliphatic hydroxyl groups excluding tert-OH is 1. The van der Waals surface area contributed by atoms with Gasteiger partial charge >= 0.3 is 0 Å². The molecular formula is C12H16N4O3S. The van der Waals surface area contributed by atoms with Crippen molar-refractivity contribution in [1.29, 1.82) is 0 Å². The number of amides is 1. The lowest BCUT2D eigenvalue weighted by atomic mass is 10.2. The van der Waals surface area contributed by atoms with E-state index >= 15 is 0 Å². The molecule has 2 heterocycles. The second-order valence-corrected chi connectivity index (χ2v) is 5.10. The zero-order valence-electron chi connectivity index (χ0n) is 11.1. The smallest absolute Gasteiger partial charge is 0.266 e. The van der Waals surface area contributed by atoms with Crippen LogP contribution in [0.15, 0.2) is 12.3 Å². The Bertz CT molecular complexity index is 601. The quantitative estimate of drug-likeness (QED) is 0.798. The predicted molar refractivity (Wildman–Crippen MR) is 76.7 cm³/mol. The number of carbonyl (C=O) groups excluding carboxylic acids is 1. The first-order valence-corrected chi connectivity index (χ1v) is 6.89. The van der Waals surface area contributed by atoms with Crippen LogP contribution in [0.4, 0.5) is 5.69 Å². The molecule has 0 saturated carbocycles. The molecule has 2 aromatic heterocycles. The van der Waals surface area contributed by atoms with Crippen molar-refractivity contribution in [3.63, 3.8) is 0 Å². The number of aliphatic hydroxyl groups is 1. The Hall–Kier alpha value is -1.77. The first-order valence-electron chi connectivity index (χ1n) is 6.07. The van der Waals surface area contributed by atoms with Gasteiger partial charge in [-0.1, -0.05) is 0 Å². The summed E-state index contributed by atoms with van der Waals surface area (Å²) >= 11 is 1.21. The average molecular weight is 296 g/mol. The number of nitrogens with zero attached hydrogens (tertiary/aromatic N) is 3. The highest BCUT2D eigenvalue weighted by Gasteiger charge is 2.22. The standard InChI is InChI=1S/C12H16N4O3S/c1-19-7-5-16(4-6-17)12(18)10-9(13)8-2-3-14-15-11(8)20-10/h2-3,17H,4-7,13H2,1H3. The first-order chi connectivity index (χ1) is 9.69. The lowest BCUT2D eigenvalue weighted by Crippen LogP contribution is -2.36. The zero-order chi connectivity index (χ0) is 14.5. The van der Waals surface area contributed by atoms with Gasteiger partial charge < -0.3 is 20.5 Å². The molecule has 0 atom stereocenters. The van der Waals surface area contributed by atoms with E-state index in [1.165, 1.54) is 22.4 Å². The Morgan fingerprint density at radius 3 is 3.00 bits per heavy atom. The Morgan fingerprint density at radius 1 is 1.55 bits per heavy atom. The molecule has 7 nitrogen and oxygen atoms in total. The topological polar surface area (TPSA) is 102 Å². The summed E-state index contributed by atoms with van der Waals surface area (Å²) in [5.41, 5.74) is 6.41. The number of ether oxygens (including phenoxy) is 1. The van der Waals surface area contributed by atoms with Crippen molar-refractivity contribution >= 4 is 33.1 Å². The van der Waals surface area contributed by atoms with Gasteiger partial charge in [0.2, 0.25) is 0 Å². The van der Waals surface area contributed by atoms with Gasteiger partial charge in [-0.3, -0.25) is 4.79 Å². The fourth-order valence-corrected chi connectivity index (χ4v) is 2.82. The number of nitrogen functional groups attached to an aromatic ring is 1. The van der Waals surface area contributed by atoms with Crippen LogP contribution in [0.1, 0.15) is 9.67 Å². The molecule has 0 aromatic carbocycles. The summed E-state index contributed by atoms with van der Waals surface area (Å²) in [6, 6.07) is 1.73. The molecule has 0 unspecified atom stereocenters. The molecule has 0 aliphatic rings. The Balaban J connectivity index is 2.30. The third-order valence-corrected chi connectivity index (χ3v) is 3.93. The van der Waals surface area contributed by atoms with Gasteiger partial charge in [0.1, 0.15) is 9.71 Å². The van der Waals surface area contributed by atoms with E-state index in [9.17, 15) is 4.79 Å². The third-order valence-electron chi connectivity index (χ3n) is 2.84. The first kappa shape index (κ1) is 14.6. The van der Waals surface area contributed by atoms with E-state index in [4.69, 9.17) is 15.6 Å². The molecule has 0 fully saturated rings. The molecule has 1 amide bonds. The summed E-state index contributed by atoms with van der Waals surface area (Å²) in [6.07, 6.45) is 1.54. The minimum atomic E-state index is -0.225. The van der Waals surface area contributed by atoms with E-state index in [1.54, 1.807) is 13.2 Å². The maximum absolute atomic E-state index is 12.5. The fraction of sp³-hybridized carbons (Fsp3) is 0.417. The van der Waals surface area contributed by atoms with E-state index in [0.717, 1.165) is 5.39 Å². The lowest BCUT2D eigenvalue weighted by molar-refractivity contribution is 0.0662. The molecule has 0 aliphatic carbocycles. The lowest BCUT2D eigenvalue weighted by Gasteiger charge is -2.20. The number of nitrogens with two attached hydrogens (primary N) is 1. The van der Waals surface area contributed by atoms with Crippen LogP contribution < -0.4 is 5.73 Å². The van der Waals surface area contributed by atoms with Gasteiger partial charge in [0, 0.05) is 25.6 Å². The van der Waals surface area contributed by atoms with E-state index in [0.29, 0.717) is 28.5 Å². The van der Waals surface area contributed by atoms with Gasteiger partial charge in [0.25, 0.3) is 5.91 Å². The number of anilines is 1. The fourth-order valence-electron chi connectivity index (χ4n) is 1.81. The molecule has 108 valence electrons. The maximum atomic E-state index is 12.5. The van der Waals surface area contributed by atoms with Crippen LogP contribution in [0.5, 0.6) is 0 Å². The van der Waals surface area contributed by atoms with Gasteiger partial charge in [-0.05, 0) is 6.07 Å². The summed E-state index contributed by atoms with van der Waals surface area (Å²) in [5.74, 6) is -0.225. The van der Waals surface area contributed by atoms with Crippen LogP contribution in [0.2, 0.25) is 0 Å². The van der Waals surface area contributed by atoms with E-state index in [2.05, 4.69) is 10.2 Å². The summed E-state index contributed by atoms with van der Waals surface area (Å²) in [6.45, 7) is 0.924. The van der Waals surface area contributed by atoms with Crippen molar-refractivity contribution in [2.75, 3.05) is 39.1 Å². The van der Waals surface area contributed by atoms with Crippen LogP contribution in [-0.4, -0.2) is 59.5 Å². The largest absolute Gasteiger partial charge is 0.397 e. The zero-order valence-corrected chi connectivity index (χ0v) is 11.9. The number of hydrogen-bond donors (Lipinski definition) is 2. The SMILES string of the molecule is COCCN(CCO)C(=O)c1sc2nnccc2c1N. The van der Waals surface area contributed by atoms with Crippen LogP contribution >= 0.6 is 11.3 Å². The van der Waals surface area contributed by atoms with Crippen LogP contribution in [0.3, 0.4) is 0 Å². The van der Waals surface area contributed by atoms with Crippen molar-refractivity contribution in [2.24, 2.45) is 0 Å². The summed E-state index contributed by atoms with van der Waals surface area (Å²) in [4.78, 5) is 15.0. The molecule has 0 spiro atoms. The highest BCUT2D eigenvalue weighted by Crippen LogP contribution is 2.32. The second kappa shape index (κ2) is 6.60. The number of carbonyl (C=O) groups is 1. The number of methoxy groups -OCH3 is 1. The molecule has 2 rings (SSSR count). The molecule has 0 bridgehead atoms. The average Bonchev–Trinajstić information content (AvgIpc) is 2.80. The van der Waals surface area contributed by atoms with Gasteiger partial charge in [0.05, 0.1) is 25.1 Å². The van der Waals surface area contributed by atoms with Crippen molar-refractivity contribution < 1.29 is 14.6 Å². The number of thiophene rings is 1. The summed E-state index contributed by atoms with van der Waals surface area (Å²) in [7, 11) is 1.56. The molecule has 0 aliphatic heterocycles. The summed E-state index contributed by atoms with van der Waals surface area (Å²) < 4.78 is 4.97. The van der Waals surface area contributed by atoms with Crippen molar-refractivity contribution in [1.82, 2.24) is 15.1 Å². The highest BCUT2D eigenvalue weighted by atomic mass is 32.1. The second-order valence-electron chi connectivity index (χ2n) is 4.10. The molecule has 20 heavy (non-hydrogen) atoms. The summed E-state index contributed by atoms with van der Waals surface area (Å²) in [5, 5.41) is 17.5. The monoisotopic (exact) mass is 296 g/mol. The normalized spacial score (nSPS) is 10.9. The van der Waals surface area contributed by atoms with Crippen molar-refractivity contribution in [3.8, 4) is 0 Å². The molecule has 2 aromatic rings. The van der Waals surface area contributed by atoms with Gasteiger partial charge in [0.15, 0.2) is 0 Å². The van der Waals surface area contributed by atoms with Gasteiger partial charge in [-0.2, -0.15) is 5.10 Å². The molecule has 3 N–H and O–H groups in total. The molecule has 0 radical (unpaired) electrons. The minimum Gasteiger partial charge on any atom is -0.397 e. The minimum absolute atomic E-state index is 0.111. The number of hydrogen-bond acceptors (Lipinski definition) is 7. The van der Waals surface area contributed by atoms with Crippen LogP contribution in [0.25, 0.3) is 10.2 Å². The van der Waals surface area contributed by atoms with Crippen molar-refractivity contribution in [3.05, 3.63) is 17.1 Å². The van der Waals surface area contributed by atoms with E-state index in [1.807, 2.05) is 0 Å². The number of fused-ring (bicyclic) bond motifs is 1. The predicted octanol–water partition coefficient (Wildman–Crippen LogP) is 0.354.